The Morgan fingerprint density at radius 1 is 1.60 bits per heavy atom. The molecule has 0 heterocycles. The van der Waals surface area contributed by atoms with Crippen LogP contribution in [-0.2, 0) is 14.8 Å². The van der Waals surface area contributed by atoms with Crippen LogP contribution in [0, 0.1) is 0 Å². The number of aliphatic hydroxyl groups is 1. The highest BCUT2D eigenvalue weighted by Crippen LogP contribution is 1.91. The Balaban J connectivity index is 4.31. The lowest BCUT2D eigenvalue weighted by molar-refractivity contribution is -0.117. The second kappa shape index (κ2) is 2.98. The summed E-state index contributed by atoms with van der Waals surface area (Å²) in [4.78, 5) is 10.2. The van der Waals surface area contributed by atoms with E-state index in [1.807, 2.05) is 0 Å². The molecular formula is C4H9NO4S. The van der Waals surface area contributed by atoms with Crippen molar-refractivity contribution in [2.24, 2.45) is 0 Å². The van der Waals surface area contributed by atoms with Crippen molar-refractivity contribution in [3.05, 3.63) is 0 Å². The summed E-state index contributed by atoms with van der Waals surface area (Å²) in [5.41, 5.74) is -1.56. The van der Waals surface area contributed by atoms with Crippen molar-refractivity contribution in [3.63, 3.8) is 0 Å². The van der Waals surface area contributed by atoms with Gasteiger partial charge in [0.2, 0.25) is 5.91 Å². The summed E-state index contributed by atoms with van der Waals surface area (Å²) >= 11 is 0. The van der Waals surface area contributed by atoms with Crippen LogP contribution in [0.5, 0.6) is 0 Å². The van der Waals surface area contributed by atoms with E-state index in [2.05, 4.69) is 0 Å². The number of sulfonamides is 1. The third-order valence-corrected chi connectivity index (χ3v) is 2.21. The minimum Gasteiger partial charge on any atom is -0.376 e. The van der Waals surface area contributed by atoms with Gasteiger partial charge >= 0.3 is 0 Å². The largest absolute Gasteiger partial charge is 0.376 e. The van der Waals surface area contributed by atoms with E-state index < -0.39 is 21.4 Å². The molecule has 10 heavy (non-hydrogen) atoms. The Bertz CT molecular complexity index is 217. The van der Waals surface area contributed by atoms with E-state index in [0.717, 1.165) is 13.8 Å². The van der Waals surface area contributed by atoms with Gasteiger partial charge in [0.05, 0.1) is 0 Å². The first-order chi connectivity index (χ1) is 4.36. The monoisotopic (exact) mass is 167 g/mol. The number of carbonyl (C=O) groups excluding carboxylic acids is 1. The standard InChI is InChI=1S/C4H9NO4S/c1-3(6)5-10(8,9)4(2)7/h4,7H,1-2H3,(H,5,6). The highest BCUT2D eigenvalue weighted by atomic mass is 32.2. The molecule has 0 aromatic heterocycles. The average Bonchev–Trinajstić information content (AvgIpc) is 1.60. The van der Waals surface area contributed by atoms with Crippen LogP contribution in [0.4, 0.5) is 0 Å². The molecule has 0 radical (unpaired) electrons. The Morgan fingerprint density at radius 2 is 2.00 bits per heavy atom. The fraction of sp³-hybridized carbons (Fsp3) is 0.750. The predicted octanol–water partition coefficient (Wildman–Crippen LogP) is -1.21. The maximum atomic E-state index is 10.6. The van der Waals surface area contributed by atoms with Crippen molar-refractivity contribution in [2.75, 3.05) is 0 Å². The second-order valence-electron chi connectivity index (χ2n) is 1.80. The molecule has 0 spiro atoms. The summed E-state index contributed by atoms with van der Waals surface area (Å²) in [7, 11) is -3.84. The summed E-state index contributed by atoms with van der Waals surface area (Å²) in [6.45, 7) is 2.12. The number of carbonyl (C=O) groups is 1. The van der Waals surface area contributed by atoms with Crippen LogP contribution in [0.2, 0.25) is 0 Å². The lowest BCUT2D eigenvalue weighted by atomic mass is 10.8. The van der Waals surface area contributed by atoms with Gasteiger partial charge in [0, 0.05) is 6.92 Å². The van der Waals surface area contributed by atoms with Crippen LogP contribution in [0.25, 0.3) is 0 Å². The molecule has 0 aromatic rings. The average molecular weight is 167 g/mol. The van der Waals surface area contributed by atoms with Crippen molar-refractivity contribution < 1.29 is 18.3 Å². The first-order valence-electron chi connectivity index (χ1n) is 2.56. The van der Waals surface area contributed by atoms with E-state index in [1.54, 1.807) is 4.72 Å². The Kier molecular flexibility index (Phi) is 2.79. The summed E-state index contributed by atoms with van der Waals surface area (Å²) < 4.78 is 22.7. The molecule has 5 nitrogen and oxygen atoms in total. The molecule has 0 saturated heterocycles. The van der Waals surface area contributed by atoms with E-state index in [9.17, 15) is 13.2 Å². The number of nitrogens with one attached hydrogen (secondary N) is 1. The van der Waals surface area contributed by atoms with Crippen LogP contribution in [0.15, 0.2) is 0 Å². The van der Waals surface area contributed by atoms with Crippen molar-refractivity contribution in [3.8, 4) is 0 Å². The zero-order valence-electron chi connectivity index (χ0n) is 5.66. The van der Waals surface area contributed by atoms with Gasteiger partial charge in [0.15, 0.2) is 5.44 Å². The van der Waals surface area contributed by atoms with Gasteiger partial charge in [-0.1, -0.05) is 0 Å². The number of hydrogen-bond donors (Lipinski definition) is 2. The quantitative estimate of drug-likeness (QED) is 0.540. The molecule has 6 heteroatoms. The van der Waals surface area contributed by atoms with Gasteiger partial charge in [-0.15, -0.1) is 0 Å². The van der Waals surface area contributed by atoms with Crippen LogP contribution in [0.1, 0.15) is 13.8 Å². The Hall–Kier alpha value is -0.620. The molecule has 1 amide bonds. The smallest absolute Gasteiger partial charge is 0.261 e. The van der Waals surface area contributed by atoms with Crippen LogP contribution in [-0.4, -0.2) is 24.9 Å². The summed E-state index contributed by atoms with van der Waals surface area (Å²) in [6, 6.07) is 0. The lowest BCUT2D eigenvalue weighted by Crippen LogP contribution is -2.35. The molecular weight excluding hydrogens is 158 g/mol. The molecule has 0 aliphatic heterocycles. The van der Waals surface area contributed by atoms with Crippen LogP contribution < -0.4 is 4.72 Å². The molecule has 0 aliphatic carbocycles. The molecule has 0 aliphatic rings. The lowest BCUT2D eigenvalue weighted by Gasteiger charge is -2.05. The van der Waals surface area contributed by atoms with Gasteiger partial charge in [-0.05, 0) is 6.92 Å². The third-order valence-electron chi connectivity index (χ3n) is 0.735. The van der Waals surface area contributed by atoms with E-state index in [1.165, 1.54) is 0 Å². The maximum Gasteiger partial charge on any atom is 0.261 e. The molecule has 1 atom stereocenters. The normalized spacial score (nSPS) is 14.3. The zero-order valence-corrected chi connectivity index (χ0v) is 6.47. The van der Waals surface area contributed by atoms with Crippen molar-refractivity contribution >= 4 is 15.9 Å². The van der Waals surface area contributed by atoms with E-state index in [-0.39, 0.29) is 0 Å². The van der Waals surface area contributed by atoms with Gasteiger partial charge < -0.3 is 5.11 Å². The number of rotatable bonds is 2. The maximum absolute atomic E-state index is 10.6. The molecule has 0 bridgehead atoms. The fourth-order valence-corrected chi connectivity index (χ4v) is 0.857. The predicted molar refractivity (Wildman–Crippen MR) is 34.4 cm³/mol. The molecule has 0 fully saturated rings. The van der Waals surface area contributed by atoms with Crippen LogP contribution >= 0.6 is 0 Å². The van der Waals surface area contributed by atoms with Crippen molar-refractivity contribution in [1.82, 2.24) is 4.72 Å². The summed E-state index contributed by atoms with van der Waals surface area (Å²) in [6.07, 6.45) is 0. The van der Waals surface area contributed by atoms with Crippen LogP contribution in [0.3, 0.4) is 0 Å². The Labute approximate surface area is 59.1 Å². The van der Waals surface area contributed by atoms with Gasteiger partial charge in [-0.3, -0.25) is 9.52 Å². The summed E-state index contributed by atoms with van der Waals surface area (Å²) in [5, 5.41) is 8.53. The summed E-state index contributed by atoms with van der Waals surface area (Å²) in [5.74, 6) is -0.707. The first kappa shape index (κ1) is 9.38. The Morgan fingerprint density at radius 3 is 2.10 bits per heavy atom. The molecule has 0 rings (SSSR count). The SMILES string of the molecule is CC(=O)NS(=O)(=O)C(C)O. The topological polar surface area (TPSA) is 83.5 Å². The minimum absolute atomic E-state index is 0.707. The van der Waals surface area contributed by atoms with Gasteiger partial charge in [-0.2, -0.15) is 0 Å². The zero-order chi connectivity index (χ0) is 8.36. The number of amides is 1. The van der Waals surface area contributed by atoms with Gasteiger partial charge in [0.1, 0.15) is 0 Å². The number of hydrogen-bond acceptors (Lipinski definition) is 4. The molecule has 2 N–H and O–H groups in total. The third kappa shape index (κ3) is 2.79. The van der Waals surface area contributed by atoms with E-state index in [0.29, 0.717) is 0 Å². The van der Waals surface area contributed by atoms with E-state index >= 15 is 0 Å². The highest BCUT2D eigenvalue weighted by molar-refractivity contribution is 7.90. The van der Waals surface area contributed by atoms with Gasteiger partial charge in [-0.25, -0.2) is 8.42 Å². The molecule has 60 valence electrons. The number of aliphatic hydroxyl groups excluding tert-OH is 1. The fourth-order valence-electron chi connectivity index (χ4n) is 0.286. The molecule has 0 aromatic carbocycles. The first-order valence-corrected chi connectivity index (χ1v) is 4.11. The minimum atomic E-state index is -3.84. The highest BCUT2D eigenvalue weighted by Gasteiger charge is 2.17. The second-order valence-corrected chi connectivity index (χ2v) is 3.78. The van der Waals surface area contributed by atoms with Crippen molar-refractivity contribution in [1.29, 1.82) is 0 Å². The van der Waals surface area contributed by atoms with Gasteiger partial charge in [0.25, 0.3) is 10.0 Å². The molecule has 1 unspecified atom stereocenters. The van der Waals surface area contributed by atoms with Crippen molar-refractivity contribution in [2.45, 2.75) is 19.3 Å². The van der Waals surface area contributed by atoms with E-state index in [4.69, 9.17) is 5.11 Å². The molecule has 0 saturated carbocycles.